The average Bonchev–Trinajstić information content (AvgIpc) is 2.34. The minimum Gasteiger partial charge on any atom is -0.381 e. The highest BCUT2D eigenvalue weighted by molar-refractivity contribution is 8.00. The molecule has 2 rings (SSSR count). The zero-order valence-electron chi connectivity index (χ0n) is 6.93. The van der Waals surface area contributed by atoms with Crippen molar-refractivity contribution in [2.75, 3.05) is 19.0 Å². The van der Waals surface area contributed by atoms with Crippen molar-refractivity contribution in [1.82, 2.24) is 5.32 Å². The van der Waals surface area contributed by atoms with E-state index < -0.39 is 0 Å². The fraction of sp³-hybridized carbons (Fsp3) is 1.00. The molecule has 1 spiro atoms. The molecule has 1 atom stereocenters. The van der Waals surface area contributed by atoms with E-state index in [0.29, 0.717) is 10.9 Å². The van der Waals surface area contributed by atoms with Crippen LogP contribution in [0.2, 0.25) is 0 Å². The topological polar surface area (TPSA) is 21.3 Å². The Kier molecular flexibility index (Phi) is 2.12. The second-order valence-electron chi connectivity index (χ2n) is 3.46. The van der Waals surface area contributed by atoms with E-state index >= 15 is 0 Å². The number of ether oxygens (including phenoxy) is 1. The van der Waals surface area contributed by atoms with Gasteiger partial charge in [0.15, 0.2) is 0 Å². The van der Waals surface area contributed by atoms with E-state index in [1.807, 2.05) is 0 Å². The van der Waals surface area contributed by atoms with Gasteiger partial charge in [-0.05, 0) is 19.8 Å². The molecule has 0 aromatic rings. The van der Waals surface area contributed by atoms with Gasteiger partial charge in [-0.2, -0.15) is 0 Å². The predicted octanol–water partition coefficient (Wildman–Crippen LogP) is 1.22. The van der Waals surface area contributed by atoms with Gasteiger partial charge in [-0.3, -0.25) is 5.32 Å². The first kappa shape index (κ1) is 7.90. The molecule has 2 aliphatic heterocycles. The molecular formula is C8H15NOS. The highest BCUT2D eigenvalue weighted by Crippen LogP contribution is 2.38. The van der Waals surface area contributed by atoms with Crippen molar-refractivity contribution < 1.29 is 4.74 Å². The fourth-order valence-corrected chi connectivity index (χ4v) is 3.20. The summed E-state index contributed by atoms with van der Waals surface area (Å²) in [7, 11) is 0. The summed E-state index contributed by atoms with van der Waals surface area (Å²) < 4.78 is 5.34. The summed E-state index contributed by atoms with van der Waals surface area (Å²) in [6.45, 7) is 4.14. The lowest BCUT2D eigenvalue weighted by molar-refractivity contribution is 0.0691. The minimum absolute atomic E-state index is 0.387. The van der Waals surface area contributed by atoms with Gasteiger partial charge in [0.2, 0.25) is 0 Å². The third kappa shape index (κ3) is 1.55. The predicted molar refractivity (Wildman–Crippen MR) is 47.8 cm³/mol. The molecule has 0 bridgehead atoms. The van der Waals surface area contributed by atoms with E-state index in [9.17, 15) is 0 Å². The monoisotopic (exact) mass is 173 g/mol. The summed E-state index contributed by atoms with van der Waals surface area (Å²) in [6.07, 6.45) is 2.37. The molecule has 1 unspecified atom stereocenters. The normalized spacial score (nSPS) is 36.3. The van der Waals surface area contributed by atoms with Crippen LogP contribution >= 0.6 is 11.8 Å². The van der Waals surface area contributed by atoms with Gasteiger partial charge >= 0.3 is 0 Å². The summed E-state index contributed by atoms with van der Waals surface area (Å²) in [5, 5.41) is 3.65. The Hall–Kier alpha value is 0.270. The summed E-state index contributed by atoms with van der Waals surface area (Å²) >= 11 is 2.08. The molecule has 1 N–H and O–H groups in total. The Morgan fingerprint density at radius 1 is 1.45 bits per heavy atom. The zero-order valence-corrected chi connectivity index (χ0v) is 7.75. The van der Waals surface area contributed by atoms with Crippen molar-refractivity contribution >= 4 is 11.8 Å². The Bertz CT molecular complexity index is 140. The van der Waals surface area contributed by atoms with Gasteiger partial charge in [0.1, 0.15) is 0 Å². The standard InChI is InChI=1S/C8H15NOS/c1-7-6-11-8(9-7)2-4-10-5-3-8/h7,9H,2-6H2,1H3. The van der Waals surface area contributed by atoms with Crippen LogP contribution in [0.1, 0.15) is 19.8 Å². The molecule has 2 nitrogen and oxygen atoms in total. The third-order valence-corrected chi connectivity index (χ3v) is 4.16. The molecule has 0 aromatic heterocycles. The van der Waals surface area contributed by atoms with E-state index in [1.165, 1.54) is 18.6 Å². The molecule has 2 heterocycles. The number of hydrogen-bond donors (Lipinski definition) is 1. The molecule has 64 valence electrons. The third-order valence-electron chi connectivity index (χ3n) is 2.42. The van der Waals surface area contributed by atoms with E-state index in [0.717, 1.165) is 13.2 Å². The Balaban J connectivity index is 1.98. The van der Waals surface area contributed by atoms with Crippen LogP contribution in [0.15, 0.2) is 0 Å². The molecule has 0 aromatic carbocycles. The van der Waals surface area contributed by atoms with Gasteiger partial charge in [-0.1, -0.05) is 0 Å². The lowest BCUT2D eigenvalue weighted by Crippen LogP contribution is -2.44. The van der Waals surface area contributed by atoms with E-state index in [-0.39, 0.29) is 0 Å². The second kappa shape index (κ2) is 2.96. The van der Waals surface area contributed by atoms with Gasteiger partial charge in [0.25, 0.3) is 0 Å². The Labute approximate surface area is 72.1 Å². The number of thioether (sulfide) groups is 1. The average molecular weight is 173 g/mol. The first-order valence-corrected chi connectivity index (χ1v) is 5.29. The van der Waals surface area contributed by atoms with Gasteiger partial charge < -0.3 is 4.74 Å². The van der Waals surface area contributed by atoms with Gasteiger partial charge in [0, 0.05) is 25.0 Å². The molecule has 0 radical (unpaired) electrons. The number of hydrogen-bond acceptors (Lipinski definition) is 3. The fourth-order valence-electron chi connectivity index (χ4n) is 1.81. The van der Waals surface area contributed by atoms with Crippen LogP contribution in [0.25, 0.3) is 0 Å². The maximum atomic E-state index is 5.34. The van der Waals surface area contributed by atoms with Crippen molar-refractivity contribution in [2.45, 2.75) is 30.7 Å². The van der Waals surface area contributed by atoms with Crippen LogP contribution < -0.4 is 5.32 Å². The van der Waals surface area contributed by atoms with E-state index in [2.05, 4.69) is 24.0 Å². The van der Waals surface area contributed by atoms with Gasteiger partial charge in [0.05, 0.1) is 4.87 Å². The van der Waals surface area contributed by atoms with Gasteiger partial charge in [-0.25, -0.2) is 0 Å². The first-order chi connectivity index (χ1) is 5.31. The van der Waals surface area contributed by atoms with Crippen LogP contribution in [0, 0.1) is 0 Å². The van der Waals surface area contributed by atoms with Crippen LogP contribution in [-0.2, 0) is 4.74 Å². The SMILES string of the molecule is CC1CSC2(CCOCC2)N1. The highest BCUT2D eigenvalue weighted by Gasteiger charge is 2.38. The zero-order chi connectivity index (χ0) is 7.73. The van der Waals surface area contributed by atoms with Crippen molar-refractivity contribution in [3.8, 4) is 0 Å². The lowest BCUT2D eigenvalue weighted by Gasteiger charge is -2.33. The molecule has 3 heteroatoms. The molecule has 2 fully saturated rings. The number of nitrogens with one attached hydrogen (secondary N) is 1. The van der Waals surface area contributed by atoms with E-state index in [4.69, 9.17) is 4.74 Å². The van der Waals surface area contributed by atoms with Crippen molar-refractivity contribution in [2.24, 2.45) is 0 Å². The first-order valence-electron chi connectivity index (χ1n) is 4.30. The Morgan fingerprint density at radius 3 is 2.73 bits per heavy atom. The molecule has 0 saturated carbocycles. The van der Waals surface area contributed by atoms with Gasteiger partial charge in [-0.15, -0.1) is 11.8 Å². The molecular weight excluding hydrogens is 158 g/mol. The Morgan fingerprint density at radius 2 is 2.18 bits per heavy atom. The quantitative estimate of drug-likeness (QED) is 0.595. The molecule has 0 amide bonds. The highest BCUT2D eigenvalue weighted by atomic mass is 32.2. The maximum absolute atomic E-state index is 5.34. The number of rotatable bonds is 0. The molecule has 2 saturated heterocycles. The van der Waals surface area contributed by atoms with Crippen molar-refractivity contribution in [3.63, 3.8) is 0 Å². The van der Waals surface area contributed by atoms with Crippen LogP contribution in [-0.4, -0.2) is 29.9 Å². The van der Waals surface area contributed by atoms with Crippen molar-refractivity contribution in [1.29, 1.82) is 0 Å². The summed E-state index contributed by atoms with van der Waals surface area (Å²) in [5.41, 5.74) is 0. The lowest BCUT2D eigenvalue weighted by atomic mass is 10.1. The molecule has 2 aliphatic rings. The van der Waals surface area contributed by atoms with E-state index in [1.54, 1.807) is 0 Å². The minimum atomic E-state index is 0.387. The maximum Gasteiger partial charge on any atom is 0.0692 e. The largest absolute Gasteiger partial charge is 0.381 e. The second-order valence-corrected chi connectivity index (χ2v) is 4.87. The summed E-state index contributed by atoms with van der Waals surface area (Å²) in [6, 6.07) is 0.693. The van der Waals surface area contributed by atoms with Crippen LogP contribution in [0.4, 0.5) is 0 Å². The van der Waals surface area contributed by atoms with Crippen molar-refractivity contribution in [3.05, 3.63) is 0 Å². The molecule has 0 aliphatic carbocycles. The smallest absolute Gasteiger partial charge is 0.0692 e. The summed E-state index contributed by atoms with van der Waals surface area (Å²) in [5.74, 6) is 1.26. The van der Waals surface area contributed by atoms with Crippen LogP contribution in [0.5, 0.6) is 0 Å². The molecule has 11 heavy (non-hydrogen) atoms. The van der Waals surface area contributed by atoms with Crippen LogP contribution in [0.3, 0.4) is 0 Å². The summed E-state index contributed by atoms with van der Waals surface area (Å²) in [4.78, 5) is 0.387.